The highest BCUT2D eigenvalue weighted by atomic mass is 19.2. The van der Waals surface area contributed by atoms with Crippen molar-refractivity contribution in [1.29, 1.82) is 0 Å². The van der Waals surface area contributed by atoms with E-state index in [9.17, 15) is 13.6 Å². The molecule has 1 amide bonds. The first-order valence-electron chi connectivity index (χ1n) is 5.41. The van der Waals surface area contributed by atoms with Gasteiger partial charge in [-0.1, -0.05) is 6.07 Å². The SMILES string of the molecule is CN1C(=O)C[C@@](C)(c2ccc(F)c(F)c2)N=C1N. The van der Waals surface area contributed by atoms with Crippen molar-refractivity contribution in [3.63, 3.8) is 0 Å². The van der Waals surface area contributed by atoms with Gasteiger partial charge in [-0.3, -0.25) is 9.69 Å². The van der Waals surface area contributed by atoms with Gasteiger partial charge in [0.2, 0.25) is 5.91 Å². The first kappa shape index (κ1) is 12.5. The number of carbonyl (C=O) groups is 1. The quantitative estimate of drug-likeness (QED) is 0.821. The van der Waals surface area contributed by atoms with E-state index in [1.54, 1.807) is 6.92 Å². The second-order valence-electron chi connectivity index (χ2n) is 4.50. The molecule has 0 radical (unpaired) electrons. The Morgan fingerprint density at radius 3 is 2.61 bits per heavy atom. The summed E-state index contributed by atoms with van der Waals surface area (Å²) in [5.74, 6) is -2.04. The van der Waals surface area contributed by atoms with Gasteiger partial charge >= 0.3 is 0 Å². The van der Waals surface area contributed by atoms with Crippen molar-refractivity contribution in [2.24, 2.45) is 10.7 Å². The van der Waals surface area contributed by atoms with Crippen molar-refractivity contribution in [3.8, 4) is 0 Å². The third kappa shape index (κ3) is 1.94. The fourth-order valence-electron chi connectivity index (χ4n) is 1.91. The van der Waals surface area contributed by atoms with Gasteiger partial charge in [0.1, 0.15) is 0 Å². The fourth-order valence-corrected chi connectivity index (χ4v) is 1.91. The van der Waals surface area contributed by atoms with E-state index in [4.69, 9.17) is 5.73 Å². The molecular formula is C12H13F2N3O. The lowest BCUT2D eigenvalue weighted by atomic mass is 9.87. The average molecular weight is 253 g/mol. The first-order valence-corrected chi connectivity index (χ1v) is 5.41. The Balaban J connectivity index is 2.48. The molecule has 1 atom stereocenters. The van der Waals surface area contributed by atoms with E-state index in [2.05, 4.69) is 4.99 Å². The molecule has 1 aromatic rings. The number of benzene rings is 1. The van der Waals surface area contributed by atoms with Crippen LogP contribution in [-0.2, 0) is 10.3 Å². The van der Waals surface area contributed by atoms with Gasteiger partial charge in [-0.15, -0.1) is 0 Å². The Kier molecular flexibility index (Phi) is 2.80. The smallest absolute Gasteiger partial charge is 0.231 e. The molecule has 0 saturated carbocycles. The zero-order valence-corrected chi connectivity index (χ0v) is 10.1. The van der Waals surface area contributed by atoms with Crippen LogP contribution in [0, 0.1) is 11.6 Å². The molecule has 6 heteroatoms. The number of amides is 1. The van der Waals surface area contributed by atoms with Crippen LogP contribution >= 0.6 is 0 Å². The molecule has 1 aliphatic rings. The van der Waals surface area contributed by atoms with Crippen molar-refractivity contribution in [1.82, 2.24) is 4.90 Å². The standard InChI is InChI=1S/C12H13F2N3O/c1-12(6-10(18)17(2)11(15)16-12)7-3-4-8(13)9(14)5-7/h3-5H,6H2,1-2H3,(H2,15,16)/t12-/m0/s1. The summed E-state index contributed by atoms with van der Waals surface area (Å²) in [6, 6.07) is 3.48. The molecule has 0 aromatic heterocycles. The summed E-state index contributed by atoms with van der Waals surface area (Å²) < 4.78 is 26.1. The molecule has 4 nitrogen and oxygen atoms in total. The molecule has 1 heterocycles. The molecule has 1 aromatic carbocycles. The minimum Gasteiger partial charge on any atom is -0.369 e. The molecule has 0 unspecified atom stereocenters. The molecule has 0 saturated heterocycles. The highest BCUT2D eigenvalue weighted by Crippen LogP contribution is 2.33. The summed E-state index contributed by atoms with van der Waals surface area (Å²) in [5.41, 5.74) is 5.10. The van der Waals surface area contributed by atoms with Crippen molar-refractivity contribution in [2.45, 2.75) is 18.9 Å². The fraction of sp³-hybridized carbons (Fsp3) is 0.333. The Morgan fingerprint density at radius 1 is 1.39 bits per heavy atom. The molecule has 18 heavy (non-hydrogen) atoms. The van der Waals surface area contributed by atoms with Gasteiger partial charge in [-0.05, 0) is 24.6 Å². The number of nitrogens with two attached hydrogens (primary N) is 1. The average Bonchev–Trinajstić information content (AvgIpc) is 2.29. The van der Waals surface area contributed by atoms with Gasteiger partial charge in [0.25, 0.3) is 0 Å². The van der Waals surface area contributed by atoms with Crippen LogP contribution in [-0.4, -0.2) is 23.8 Å². The summed E-state index contributed by atoms with van der Waals surface area (Å²) >= 11 is 0. The summed E-state index contributed by atoms with van der Waals surface area (Å²) in [7, 11) is 1.52. The lowest BCUT2D eigenvalue weighted by Crippen LogP contribution is -2.47. The number of carbonyl (C=O) groups excluding carboxylic acids is 1. The lowest BCUT2D eigenvalue weighted by molar-refractivity contribution is -0.128. The minimum absolute atomic E-state index is 0.0648. The highest BCUT2D eigenvalue weighted by molar-refractivity contribution is 5.98. The van der Waals surface area contributed by atoms with E-state index in [0.717, 1.165) is 12.1 Å². The molecular weight excluding hydrogens is 240 g/mol. The van der Waals surface area contributed by atoms with Crippen molar-refractivity contribution in [3.05, 3.63) is 35.4 Å². The van der Waals surface area contributed by atoms with E-state index in [1.165, 1.54) is 18.0 Å². The summed E-state index contributed by atoms with van der Waals surface area (Å²) in [4.78, 5) is 17.2. The Hall–Kier alpha value is -1.98. The maximum atomic E-state index is 13.2. The van der Waals surface area contributed by atoms with Crippen LogP contribution in [0.3, 0.4) is 0 Å². The summed E-state index contributed by atoms with van der Waals surface area (Å²) in [5, 5.41) is 0. The molecule has 96 valence electrons. The van der Waals surface area contributed by atoms with Crippen LogP contribution in [0.5, 0.6) is 0 Å². The van der Waals surface area contributed by atoms with Crippen LogP contribution < -0.4 is 5.73 Å². The number of guanidine groups is 1. The van der Waals surface area contributed by atoms with Gasteiger partial charge < -0.3 is 5.73 Å². The van der Waals surface area contributed by atoms with Gasteiger partial charge in [0, 0.05) is 7.05 Å². The lowest BCUT2D eigenvalue weighted by Gasteiger charge is -2.33. The van der Waals surface area contributed by atoms with Crippen LogP contribution in [0.25, 0.3) is 0 Å². The molecule has 0 aliphatic carbocycles. The number of aliphatic imine (C=N–C) groups is 1. The predicted molar refractivity (Wildman–Crippen MR) is 62.7 cm³/mol. The van der Waals surface area contributed by atoms with E-state index in [1.807, 2.05) is 0 Å². The zero-order valence-electron chi connectivity index (χ0n) is 10.1. The number of hydrogen-bond donors (Lipinski definition) is 1. The Labute approximate surface area is 103 Å². The molecule has 0 spiro atoms. The van der Waals surface area contributed by atoms with E-state index < -0.39 is 17.2 Å². The van der Waals surface area contributed by atoms with Gasteiger partial charge in [0.05, 0.1) is 12.0 Å². The molecule has 0 fully saturated rings. The second-order valence-corrected chi connectivity index (χ2v) is 4.50. The molecule has 0 bridgehead atoms. The normalized spacial score (nSPS) is 24.1. The van der Waals surface area contributed by atoms with E-state index in [0.29, 0.717) is 5.56 Å². The van der Waals surface area contributed by atoms with Crippen molar-refractivity contribution >= 4 is 11.9 Å². The monoisotopic (exact) mass is 253 g/mol. The molecule has 1 aliphatic heterocycles. The highest BCUT2D eigenvalue weighted by Gasteiger charge is 2.36. The molecule has 2 rings (SSSR count). The second kappa shape index (κ2) is 4.04. The van der Waals surface area contributed by atoms with Crippen LogP contribution in [0.4, 0.5) is 8.78 Å². The van der Waals surface area contributed by atoms with Gasteiger partial charge in [-0.25, -0.2) is 13.8 Å². The number of hydrogen-bond acceptors (Lipinski definition) is 3. The topological polar surface area (TPSA) is 58.7 Å². The number of nitrogens with zero attached hydrogens (tertiary/aromatic N) is 2. The largest absolute Gasteiger partial charge is 0.369 e. The first-order chi connectivity index (χ1) is 8.33. The maximum Gasteiger partial charge on any atom is 0.231 e. The third-order valence-corrected chi connectivity index (χ3v) is 3.12. The van der Waals surface area contributed by atoms with Crippen LogP contribution in [0.15, 0.2) is 23.2 Å². The van der Waals surface area contributed by atoms with Crippen LogP contribution in [0.1, 0.15) is 18.9 Å². The number of halogens is 2. The number of rotatable bonds is 1. The predicted octanol–water partition coefficient (Wildman–Crippen LogP) is 1.36. The van der Waals surface area contributed by atoms with E-state index in [-0.39, 0.29) is 18.3 Å². The molecule has 2 N–H and O–H groups in total. The minimum atomic E-state index is -0.964. The van der Waals surface area contributed by atoms with Gasteiger partial charge in [0.15, 0.2) is 17.6 Å². The summed E-state index contributed by atoms with van der Waals surface area (Å²) in [6.45, 7) is 1.66. The van der Waals surface area contributed by atoms with Crippen molar-refractivity contribution in [2.75, 3.05) is 7.05 Å². The Morgan fingerprint density at radius 2 is 2.06 bits per heavy atom. The van der Waals surface area contributed by atoms with Gasteiger partial charge in [-0.2, -0.15) is 0 Å². The van der Waals surface area contributed by atoms with Crippen molar-refractivity contribution < 1.29 is 13.6 Å². The van der Waals surface area contributed by atoms with Crippen LogP contribution in [0.2, 0.25) is 0 Å². The zero-order chi connectivity index (χ0) is 13.5. The third-order valence-electron chi connectivity index (χ3n) is 3.12. The summed E-state index contributed by atoms with van der Waals surface area (Å²) in [6.07, 6.45) is 0.0648. The maximum absolute atomic E-state index is 13.2. The van der Waals surface area contributed by atoms with E-state index >= 15 is 0 Å². The Bertz CT molecular complexity index is 544.